The van der Waals surface area contributed by atoms with Gasteiger partial charge in [0.15, 0.2) is 5.82 Å². The third-order valence-corrected chi connectivity index (χ3v) is 9.60. The Morgan fingerprint density at radius 3 is 2.79 bits per heavy atom. The topological polar surface area (TPSA) is 115 Å². The molecule has 3 aliphatic rings. The van der Waals surface area contributed by atoms with Crippen LogP contribution >= 0.6 is 0 Å². The van der Waals surface area contributed by atoms with Crippen molar-refractivity contribution < 1.29 is 9.53 Å². The second-order valence-corrected chi connectivity index (χ2v) is 12.1. The van der Waals surface area contributed by atoms with Crippen molar-refractivity contribution in [3.63, 3.8) is 0 Å². The number of aromatic nitrogens is 5. The van der Waals surface area contributed by atoms with Crippen LogP contribution in [0.2, 0.25) is 0 Å². The lowest BCUT2D eigenvalue weighted by molar-refractivity contribution is -0.0393. The van der Waals surface area contributed by atoms with Gasteiger partial charge < -0.3 is 19.9 Å². The maximum atomic E-state index is 13.5. The van der Waals surface area contributed by atoms with Crippen molar-refractivity contribution in [2.24, 2.45) is 0 Å². The monoisotopic (exact) mass is 568 g/mol. The summed E-state index contributed by atoms with van der Waals surface area (Å²) in [5.74, 6) is 0.566. The molecule has 1 unspecified atom stereocenters. The molecule has 4 aromatic rings. The molecule has 0 saturated carbocycles. The molecule has 3 fully saturated rings. The summed E-state index contributed by atoms with van der Waals surface area (Å²) in [6.07, 6.45) is 11.0. The second-order valence-electron chi connectivity index (χ2n) is 12.1. The number of nitrogens with zero attached hydrogens (tertiary/aromatic N) is 5. The number of hydrogen-bond acceptors (Lipinski definition) is 7. The van der Waals surface area contributed by atoms with Crippen molar-refractivity contribution in [1.82, 2.24) is 40.3 Å². The molecule has 6 heterocycles. The number of pyridine rings is 1. The highest BCUT2D eigenvalue weighted by atomic mass is 16.5. The number of hydrogen-bond donors (Lipinski definition) is 3. The lowest BCUT2D eigenvalue weighted by Gasteiger charge is -2.38. The zero-order valence-electron chi connectivity index (χ0n) is 24.6. The average molecular weight is 569 g/mol. The minimum atomic E-state index is -0.0746. The maximum Gasteiger partial charge on any atom is 0.271 e. The van der Waals surface area contributed by atoms with E-state index in [0.29, 0.717) is 36.3 Å². The smallest absolute Gasteiger partial charge is 0.271 e. The van der Waals surface area contributed by atoms with Gasteiger partial charge in [-0.3, -0.25) is 19.8 Å². The number of amides is 1. The lowest BCUT2D eigenvalue weighted by Crippen LogP contribution is -2.47. The van der Waals surface area contributed by atoms with E-state index in [1.165, 1.54) is 37.1 Å². The van der Waals surface area contributed by atoms with E-state index < -0.39 is 0 Å². The summed E-state index contributed by atoms with van der Waals surface area (Å²) in [6, 6.07) is 6.79. The van der Waals surface area contributed by atoms with Gasteiger partial charge in [0, 0.05) is 49.0 Å². The summed E-state index contributed by atoms with van der Waals surface area (Å²) in [7, 11) is 0. The molecule has 7 rings (SSSR count). The molecule has 0 bridgehead atoms. The zero-order valence-corrected chi connectivity index (χ0v) is 24.6. The molecule has 3 aromatic heterocycles. The lowest BCUT2D eigenvalue weighted by atomic mass is 9.87. The van der Waals surface area contributed by atoms with Crippen LogP contribution in [0.5, 0.6) is 0 Å². The van der Waals surface area contributed by atoms with Crippen LogP contribution in [0.15, 0.2) is 36.8 Å². The predicted molar refractivity (Wildman–Crippen MR) is 162 cm³/mol. The standard InChI is InChI=1S/C32H40N8O2/c1-3-33-16-23-17-34-18-26(21(23)2)22-6-7-27-25(14-22)29(38-37-27)30-35-19-28(36-30)31(41)40-12-8-32(9-13-40)15-24(20-42-32)39-10-4-5-11-39/h6-7,14,17-19,24,33H,3-5,8-13,15-16,20H2,1-2H3,(H,35,36)(H,37,38). The third kappa shape index (κ3) is 5.01. The van der Waals surface area contributed by atoms with E-state index in [1.807, 2.05) is 23.4 Å². The predicted octanol–water partition coefficient (Wildman–Crippen LogP) is 4.29. The Balaban J connectivity index is 1.06. The number of carbonyl (C=O) groups excluding carboxylic acids is 1. The van der Waals surface area contributed by atoms with Gasteiger partial charge >= 0.3 is 0 Å². The Morgan fingerprint density at radius 2 is 1.98 bits per heavy atom. The van der Waals surface area contributed by atoms with E-state index in [1.54, 1.807) is 6.20 Å². The molecule has 1 amide bonds. The largest absolute Gasteiger partial charge is 0.373 e. The number of likely N-dealkylation sites (tertiary alicyclic amines) is 2. The summed E-state index contributed by atoms with van der Waals surface area (Å²) >= 11 is 0. The number of rotatable bonds is 7. The van der Waals surface area contributed by atoms with Gasteiger partial charge in [0.1, 0.15) is 11.4 Å². The van der Waals surface area contributed by atoms with Crippen molar-refractivity contribution in [3.8, 4) is 22.6 Å². The van der Waals surface area contributed by atoms with E-state index in [9.17, 15) is 4.79 Å². The van der Waals surface area contributed by atoms with Gasteiger partial charge in [-0.05, 0) is 87.5 Å². The van der Waals surface area contributed by atoms with Crippen molar-refractivity contribution in [2.75, 3.05) is 39.3 Å². The molecule has 1 spiro atoms. The van der Waals surface area contributed by atoms with Crippen LogP contribution in [0.3, 0.4) is 0 Å². The van der Waals surface area contributed by atoms with Gasteiger partial charge in [0.05, 0.1) is 23.9 Å². The third-order valence-electron chi connectivity index (χ3n) is 9.60. The summed E-state index contributed by atoms with van der Waals surface area (Å²) < 4.78 is 6.39. The molecule has 42 heavy (non-hydrogen) atoms. The van der Waals surface area contributed by atoms with E-state index >= 15 is 0 Å². The highest BCUT2D eigenvalue weighted by Gasteiger charge is 2.45. The highest BCUT2D eigenvalue weighted by molar-refractivity contribution is 5.96. The van der Waals surface area contributed by atoms with Gasteiger partial charge in [0.2, 0.25) is 0 Å². The number of nitrogens with one attached hydrogen (secondary N) is 3. The van der Waals surface area contributed by atoms with Crippen molar-refractivity contribution in [2.45, 2.75) is 64.1 Å². The fraction of sp³-hybridized carbons (Fsp3) is 0.500. The van der Waals surface area contributed by atoms with Crippen LogP contribution in [-0.2, 0) is 11.3 Å². The van der Waals surface area contributed by atoms with Crippen LogP contribution in [0.4, 0.5) is 0 Å². The normalized spacial score (nSPS) is 20.7. The number of benzene rings is 1. The number of fused-ring (bicyclic) bond motifs is 1. The quantitative estimate of drug-likeness (QED) is 0.305. The number of carbonyl (C=O) groups is 1. The van der Waals surface area contributed by atoms with E-state index in [0.717, 1.165) is 61.0 Å². The Labute approximate surface area is 246 Å². The average Bonchev–Trinajstić information content (AvgIpc) is 3.83. The summed E-state index contributed by atoms with van der Waals surface area (Å²) in [6.45, 7) is 10.6. The molecular weight excluding hydrogens is 528 g/mol. The second kappa shape index (κ2) is 11.2. The van der Waals surface area contributed by atoms with Crippen molar-refractivity contribution >= 4 is 16.8 Å². The molecule has 0 aliphatic carbocycles. The van der Waals surface area contributed by atoms with Crippen molar-refractivity contribution in [1.29, 1.82) is 0 Å². The van der Waals surface area contributed by atoms with Gasteiger partial charge in [0.25, 0.3) is 5.91 Å². The summed E-state index contributed by atoms with van der Waals surface area (Å²) in [5, 5.41) is 12.0. The van der Waals surface area contributed by atoms with Crippen LogP contribution < -0.4 is 5.32 Å². The number of aromatic amines is 2. The Hall–Kier alpha value is -3.60. The zero-order chi connectivity index (χ0) is 28.7. The first kappa shape index (κ1) is 27.2. The Kier molecular flexibility index (Phi) is 7.29. The molecule has 0 radical (unpaired) electrons. The molecule has 1 atom stereocenters. The fourth-order valence-corrected chi connectivity index (χ4v) is 7.01. The summed E-state index contributed by atoms with van der Waals surface area (Å²) in [4.78, 5) is 30.4. The molecule has 10 heteroatoms. The Bertz CT molecular complexity index is 1580. The summed E-state index contributed by atoms with van der Waals surface area (Å²) in [5.41, 5.74) is 6.59. The van der Waals surface area contributed by atoms with Gasteiger partial charge in [-0.2, -0.15) is 5.10 Å². The van der Waals surface area contributed by atoms with Gasteiger partial charge in [-0.15, -0.1) is 0 Å². The van der Waals surface area contributed by atoms with Crippen LogP contribution in [-0.4, -0.2) is 91.8 Å². The minimum Gasteiger partial charge on any atom is -0.373 e. The minimum absolute atomic E-state index is 0.0163. The number of H-pyrrole nitrogens is 2. The molecule has 3 aliphatic heterocycles. The number of piperidine rings is 1. The first-order valence-corrected chi connectivity index (χ1v) is 15.4. The van der Waals surface area contributed by atoms with Crippen LogP contribution in [0, 0.1) is 6.92 Å². The molecule has 220 valence electrons. The first-order valence-electron chi connectivity index (χ1n) is 15.4. The van der Waals surface area contributed by atoms with E-state index in [4.69, 9.17) is 4.74 Å². The molecule has 3 N–H and O–H groups in total. The van der Waals surface area contributed by atoms with E-state index in [2.05, 4.69) is 61.3 Å². The maximum absolute atomic E-state index is 13.5. The molecule has 1 aromatic carbocycles. The van der Waals surface area contributed by atoms with Crippen LogP contribution in [0.1, 0.15) is 60.6 Å². The molecule has 10 nitrogen and oxygen atoms in total. The Morgan fingerprint density at radius 1 is 1.14 bits per heavy atom. The fourth-order valence-electron chi connectivity index (χ4n) is 7.01. The van der Waals surface area contributed by atoms with E-state index in [-0.39, 0.29) is 11.5 Å². The van der Waals surface area contributed by atoms with Crippen molar-refractivity contribution in [3.05, 3.63) is 53.6 Å². The van der Waals surface area contributed by atoms with Gasteiger partial charge in [-0.1, -0.05) is 13.0 Å². The first-order chi connectivity index (χ1) is 20.5. The SMILES string of the molecule is CCNCc1cncc(-c2ccc3[nH]nc(-c4ncc(C(=O)N5CCC6(CC5)CC(N5CCCC5)CO6)[nH]4)c3c2)c1C. The molecule has 3 saturated heterocycles. The highest BCUT2D eigenvalue weighted by Crippen LogP contribution is 2.39. The number of ether oxygens (including phenoxy) is 1. The van der Waals surface area contributed by atoms with Gasteiger partial charge in [-0.25, -0.2) is 4.98 Å². The van der Waals surface area contributed by atoms with Crippen LogP contribution in [0.25, 0.3) is 33.5 Å². The number of imidazole rings is 1. The molecular formula is C32H40N8O2.